The van der Waals surface area contributed by atoms with Crippen molar-refractivity contribution in [3.05, 3.63) is 51.7 Å². The van der Waals surface area contributed by atoms with Gasteiger partial charge in [-0.15, -0.1) is 11.3 Å². The van der Waals surface area contributed by atoms with Crippen molar-refractivity contribution in [3.63, 3.8) is 0 Å². The maximum absolute atomic E-state index is 12.0. The number of anilines is 1. The van der Waals surface area contributed by atoms with Crippen LogP contribution in [-0.4, -0.2) is 30.4 Å². The summed E-state index contributed by atoms with van der Waals surface area (Å²) in [7, 11) is 0. The summed E-state index contributed by atoms with van der Waals surface area (Å²) >= 11 is 7.16. The van der Waals surface area contributed by atoms with Crippen molar-refractivity contribution >= 4 is 46.4 Å². The summed E-state index contributed by atoms with van der Waals surface area (Å²) in [6.07, 6.45) is -0.981. The van der Waals surface area contributed by atoms with Gasteiger partial charge in [0, 0.05) is 17.3 Å². The van der Waals surface area contributed by atoms with Crippen LogP contribution in [0.25, 0.3) is 0 Å². The molecule has 0 bridgehead atoms. The molecule has 25 heavy (non-hydrogen) atoms. The van der Waals surface area contributed by atoms with Gasteiger partial charge in [-0.3, -0.25) is 14.4 Å². The second-order valence-corrected chi connectivity index (χ2v) is 6.50. The maximum atomic E-state index is 12.0. The van der Waals surface area contributed by atoms with Crippen LogP contribution in [0.4, 0.5) is 5.69 Å². The predicted octanol–water partition coefficient (Wildman–Crippen LogP) is 3.09. The van der Waals surface area contributed by atoms with E-state index in [2.05, 4.69) is 10.6 Å². The molecule has 2 aromatic rings. The molecule has 1 atom stereocenters. The molecular formula is C17H17ClN2O4S. The molecule has 2 N–H and O–H groups in total. The fraction of sp³-hybridized carbons (Fsp3) is 0.235. The van der Waals surface area contributed by atoms with Crippen LogP contribution in [0, 0.1) is 0 Å². The third-order valence-electron chi connectivity index (χ3n) is 3.13. The fourth-order valence-corrected chi connectivity index (χ4v) is 2.72. The molecule has 1 unspecified atom stereocenters. The van der Waals surface area contributed by atoms with E-state index in [0.717, 1.165) is 0 Å². The minimum absolute atomic E-state index is 0.0219. The van der Waals surface area contributed by atoms with E-state index < -0.39 is 18.0 Å². The molecule has 8 heteroatoms. The summed E-state index contributed by atoms with van der Waals surface area (Å²) in [6.45, 7) is 1.61. The van der Waals surface area contributed by atoms with Crippen LogP contribution in [0.15, 0.2) is 41.8 Å². The number of amides is 2. The Hall–Kier alpha value is -2.38. The van der Waals surface area contributed by atoms with E-state index in [4.69, 9.17) is 16.3 Å². The Morgan fingerprint density at radius 2 is 2.04 bits per heavy atom. The van der Waals surface area contributed by atoms with Crippen molar-refractivity contribution in [2.24, 2.45) is 0 Å². The summed E-state index contributed by atoms with van der Waals surface area (Å²) in [4.78, 5) is 36.0. The highest BCUT2D eigenvalue weighted by Crippen LogP contribution is 2.15. The first kappa shape index (κ1) is 19.0. The third-order valence-corrected chi connectivity index (χ3v) is 4.23. The Labute approximate surface area is 154 Å². The maximum Gasteiger partial charge on any atom is 0.308 e. The molecule has 6 nitrogen and oxygen atoms in total. The highest BCUT2D eigenvalue weighted by Gasteiger charge is 2.18. The van der Waals surface area contributed by atoms with Crippen molar-refractivity contribution in [1.82, 2.24) is 5.32 Å². The largest absolute Gasteiger partial charge is 0.452 e. The molecule has 2 amide bonds. The highest BCUT2D eigenvalue weighted by atomic mass is 35.5. The van der Waals surface area contributed by atoms with Gasteiger partial charge in [0.05, 0.1) is 11.3 Å². The molecular weight excluding hydrogens is 364 g/mol. The van der Waals surface area contributed by atoms with Crippen LogP contribution >= 0.6 is 22.9 Å². The Morgan fingerprint density at radius 3 is 2.72 bits per heavy atom. The van der Waals surface area contributed by atoms with E-state index in [0.29, 0.717) is 15.6 Å². The Bertz CT molecular complexity index is 749. The standard InChI is InChI=1S/C17H17ClN2O4S/c1-11(16(22)20-13-5-2-4-12(18)10-13)24-15(21)7-8-19-17(23)14-6-3-9-25-14/h2-6,9-11H,7-8H2,1H3,(H,19,23)(H,20,22). The molecule has 132 valence electrons. The minimum atomic E-state index is -0.959. The molecule has 0 fully saturated rings. The molecule has 0 saturated heterocycles. The van der Waals surface area contributed by atoms with Crippen LogP contribution < -0.4 is 10.6 Å². The summed E-state index contributed by atoms with van der Waals surface area (Å²) in [5.74, 6) is -1.27. The summed E-state index contributed by atoms with van der Waals surface area (Å²) in [5, 5.41) is 7.52. The van der Waals surface area contributed by atoms with Gasteiger partial charge in [0.15, 0.2) is 6.10 Å². The molecule has 0 spiro atoms. The molecule has 0 radical (unpaired) electrons. The van der Waals surface area contributed by atoms with Gasteiger partial charge in [-0.1, -0.05) is 23.7 Å². The lowest BCUT2D eigenvalue weighted by atomic mass is 10.3. The molecule has 0 aliphatic carbocycles. The normalized spacial score (nSPS) is 11.4. The molecule has 1 aromatic carbocycles. The number of carbonyl (C=O) groups excluding carboxylic acids is 3. The number of carbonyl (C=O) groups is 3. The molecule has 1 aromatic heterocycles. The van der Waals surface area contributed by atoms with Crippen molar-refractivity contribution in [3.8, 4) is 0 Å². The number of rotatable bonds is 7. The van der Waals surface area contributed by atoms with Gasteiger partial charge in [-0.05, 0) is 36.6 Å². The van der Waals surface area contributed by atoms with Crippen LogP contribution in [0.1, 0.15) is 23.0 Å². The SMILES string of the molecule is CC(OC(=O)CCNC(=O)c1cccs1)C(=O)Nc1cccc(Cl)c1. The summed E-state index contributed by atoms with van der Waals surface area (Å²) in [6, 6.07) is 10.1. The lowest BCUT2D eigenvalue weighted by Gasteiger charge is -2.13. The lowest BCUT2D eigenvalue weighted by Crippen LogP contribution is -2.31. The molecule has 2 rings (SSSR count). The van der Waals surface area contributed by atoms with E-state index in [1.807, 2.05) is 0 Å². The Balaban J connectivity index is 1.72. The second-order valence-electron chi connectivity index (χ2n) is 5.11. The van der Waals surface area contributed by atoms with E-state index in [-0.39, 0.29) is 18.9 Å². The Kier molecular flexibility index (Phi) is 6.97. The third kappa shape index (κ3) is 6.21. The average Bonchev–Trinajstić information content (AvgIpc) is 3.09. The van der Waals surface area contributed by atoms with Gasteiger partial charge in [0.1, 0.15) is 0 Å². The number of thiophene rings is 1. The van der Waals surface area contributed by atoms with Gasteiger partial charge < -0.3 is 15.4 Å². The zero-order valence-corrected chi connectivity index (χ0v) is 15.0. The first-order valence-corrected chi connectivity index (χ1v) is 8.79. The lowest BCUT2D eigenvalue weighted by molar-refractivity contribution is -0.153. The molecule has 0 aliphatic rings. The van der Waals surface area contributed by atoms with Crippen LogP contribution in [0.2, 0.25) is 5.02 Å². The molecule has 0 aliphatic heterocycles. The summed E-state index contributed by atoms with van der Waals surface area (Å²) in [5.41, 5.74) is 0.517. The monoisotopic (exact) mass is 380 g/mol. The second kappa shape index (κ2) is 9.19. The number of esters is 1. The number of hydrogen-bond acceptors (Lipinski definition) is 5. The quantitative estimate of drug-likeness (QED) is 0.723. The van der Waals surface area contributed by atoms with Crippen LogP contribution in [0.5, 0.6) is 0 Å². The van der Waals surface area contributed by atoms with Crippen LogP contribution in [-0.2, 0) is 14.3 Å². The van der Waals surface area contributed by atoms with Crippen LogP contribution in [0.3, 0.4) is 0 Å². The van der Waals surface area contributed by atoms with E-state index in [1.54, 1.807) is 41.8 Å². The highest BCUT2D eigenvalue weighted by molar-refractivity contribution is 7.12. The van der Waals surface area contributed by atoms with Gasteiger partial charge in [0.25, 0.3) is 11.8 Å². The van der Waals surface area contributed by atoms with Gasteiger partial charge in [0.2, 0.25) is 0 Å². The van der Waals surface area contributed by atoms with Crippen molar-refractivity contribution in [2.45, 2.75) is 19.4 Å². The number of ether oxygens (including phenoxy) is 1. The van der Waals surface area contributed by atoms with E-state index in [9.17, 15) is 14.4 Å². The summed E-state index contributed by atoms with van der Waals surface area (Å²) < 4.78 is 5.05. The minimum Gasteiger partial charge on any atom is -0.452 e. The first-order valence-electron chi connectivity index (χ1n) is 7.53. The zero-order valence-electron chi connectivity index (χ0n) is 13.5. The number of benzene rings is 1. The zero-order chi connectivity index (χ0) is 18.2. The first-order chi connectivity index (χ1) is 12.0. The van der Waals surface area contributed by atoms with Crippen molar-refractivity contribution in [1.29, 1.82) is 0 Å². The number of hydrogen-bond donors (Lipinski definition) is 2. The fourth-order valence-electron chi connectivity index (χ4n) is 1.89. The van der Waals surface area contributed by atoms with E-state index in [1.165, 1.54) is 18.3 Å². The average molecular weight is 381 g/mol. The van der Waals surface area contributed by atoms with Crippen molar-refractivity contribution in [2.75, 3.05) is 11.9 Å². The van der Waals surface area contributed by atoms with E-state index >= 15 is 0 Å². The van der Waals surface area contributed by atoms with Gasteiger partial charge >= 0.3 is 5.97 Å². The van der Waals surface area contributed by atoms with Crippen molar-refractivity contribution < 1.29 is 19.1 Å². The van der Waals surface area contributed by atoms with Gasteiger partial charge in [-0.2, -0.15) is 0 Å². The van der Waals surface area contributed by atoms with Gasteiger partial charge in [-0.25, -0.2) is 0 Å². The Morgan fingerprint density at radius 1 is 1.24 bits per heavy atom. The molecule has 0 saturated carbocycles. The topological polar surface area (TPSA) is 84.5 Å². The number of nitrogens with one attached hydrogen (secondary N) is 2. The predicted molar refractivity (Wildman–Crippen MR) is 96.9 cm³/mol. The number of halogens is 1. The smallest absolute Gasteiger partial charge is 0.308 e. The molecule has 1 heterocycles.